The lowest BCUT2D eigenvalue weighted by atomic mass is 9.33. The van der Waals surface area contributed by atoms with Gasteiger partial charge in [0.15, 0.2) is 11.6 Å². The molecule has 0 saturated heterocycles. The zero-order valence-corrected chi connectivity index (χ0v) is 26.9. The highest BCUT2D eigenvalue weighted by Crippen LogP contribution is 2.75. The average molecular weight is 587 g/mol. The summed E-state index contributed by atoms with van der Waals surface area (Å²) in [4.78, 5) is 41.1. The first-order valence-corrected chi connectivity index (χ1v) is 15.8. The summed E-state index contributed by atoms with van der Waals surface area (Å²) in [7, 11) is 1.77. The van der Waals surface area contributed by atoms with Crippen molar-refractivity contribution >= 4 is 17.5 Å². The number of aryl methyl sites for hydroxylation is 1. The third kappa shape index (κ3) is 3.64. The van der Waals surface area contributed by atoms with Crippen LogP contribution in [0.25, 0.3) is 0 Å². The van der Waals surface area contributed by atoms with Gasteiger partial charge in [-0.05, 0) is 86.3 Å². The zero-order chi connectivity index (χ0) is 31.6. The van der Waals surface area contributed by atoms with Crippen LogP contribution in [0.2, 0.25) is 0 Å². The topological polar surface area (TPSA) is 125 Å². The fraction of sp³-hybridized carbons (Fsp3) is 0.686. The third-order valence-corrected chi connectivity index (χ3v) is 13.6. The molecule has 8 heteroatoms. The molecule has 0 aliphatic heterocycles. The Bertz CT molecular complexity index is 1560. The van der Waals surface area contributed by atoms with Crippen LogP contribution in [0.15, 0.2) is 35.6 Å². The van der Waals surface area contributed by atoms with Crippen LogP contribution in [0, 0.1) is 50.2 Å². The van der Waals surface area contributed by atoms with Crippen molar-refractivity contribution in [2.75, 3.05) is 0 Å². The van der Waals surface area contributed by atoms with Crippen LogP contribution in [0.4, 0.5) is 0 Å². The maximum Gasteiger partial charge on any atom is 0.272 e. The quantitative estimate of drug-likeness (QED) is 0.489. The molecule has 230 valence electrons. The van der Waals surface area contributed by atoms with E-state index in [0.717, 1.165) is 37.7 Å². The van der Waals surface area contributed by atoms with Crippen molar-refractivity contribution in [2.45, 2.75) is 105 Å². The first-order valence-electron chi connectivity index (χ1n) is 15.8. The smallest absolute Gasteiger partial charge is 0.272 e. The number of amides is 1. The monoisotopic (exact) mass is 586 g/mol. The van der Waals surface area contributed by atoms with Crippen LogP contribution in [0.1, 0.15) is 104 Å². The van der Waals surface area contributed by atoms with Gasteiger partial charge in [0.25, 0.3) is 5.91 Å². The fourth-order valence-corrected chi connectivity index (χ4v) is 10.7. The molecule has 5 aliphatic carbocycles. The summed E-state index contributed by atoms with van der Waals surface area (Å²) in [5.41, 5.74) is -3.72. The predicted molar refractivity (Wildman–Crippen MR) is 161 cm³/mol. The molecule has 0 spiro atoms. The number of aliphatic hydroxyl groups is 1. The number of rotatable bonds is 2. The van der Waals surface area contributed by atoms with E-state index in [1.807, 2.05) is 26.8 Å². The average Bonchev–Trinajstić information content (AvgIpc) is 3.38. The molecule has 8 nitrogen and oxygen atoms in total. The molecular weight excluding hydrogens is 540 g/mol. The lowest BCUT2D eigenvalue weighted by molar-refractivity contribution is -0.240. The van der Waals surface area contributed by atoms with Gasteiger partial charge in [0.1, 0.15) is 17.4 Å². The number of hydrogen-bond acceptors (Lipinski definition) is 6. The predicted octanol–water partition coefficient (Wildman–Crippen LogP) is 5.24. The van der Waals surface area contributed by atoms with E-state index >= 15 is 0 Å². The van der Waals surface area contributed by atoms with E-state index in [1.54, 1.807) is 30.1 Å². The van der Waals surface area contributed by atoms with Gasteiger partial charge in [0.2, 0.25) is 0 Å². The number of carbonyl (C=O) groups excluding carboxylic acids is 3. The van der Waals surface area contributed by atoms with Crippen LogP contribution in [0.5, 0.6) is 0 Å². The van der Waals surface area contributed by atoms with Crippen LogP contribution in [-0.2, 0) is 16.6 Å². The van der Waals surface area contributed by atoms with Gasteiger partial charge in [0, 0.05) is 40.9 Å². The molecule has 5 aliphatic rings. The minimum absolute atomic E-state index is 0.0554. The van der Waals surface area contributed by atoms with Crippen molar-refractivity contribution in [1.29, 1.82) is 5.26 Å². The van der Waals surface area contributed by atoms with Gasteiger partial charge in [-0.25, -0.2) is 0 Å². The zero-order valence-electron chi connectivity index (χ0n) is 26.9. The minimum atomic E-state index is -1.62. The number of carbonyl (C=O) groups is 3. The summed E-state index contributed by atoms with van der Waals surface area (Å²) >= 11 is 0. The summed E-state index contributed by atoms with van der Waals surface area (Å²) in [5, 5.41) is 30.5. The fourth-order valence-electron chi connectivity index (χ4n) is 10.7. The molecule has 3 saturated carbocycles. The molecule has 3 fully saturated rings. The van der Waals surface area contributed by atoms with Crippen molar-refractivity contribution in [2.24, 2.45) is 46.0 Å². The molecule has 6 rings (SSSR count). The van der Waals surface area contributed by atoms with Gasteiger partial charge in [0.05, 0.1) is 5.57 Å². The van der Waals surface area contributed by atoms with E-state index in [9.17, 15) is 24.8 Å². The van der Waals surface area contributed by atoms with Crippen molar-refractivity contribution < 1.29 is 19.5 Å². The first-order chi connectivity index (χ1) is 19.8. The van der Waals surface area contributed by atoms with Crippen LogP contribution >= 0.6 is 0 Å². The molecule has 1 heterocycles. The van der Waals surface area contributed by atoms with Gasteiger partial charge in [-0.15, -0.1) is 0 Å². The SMILES string of the molecule is Cn1ccc(C(=O)N[C@@]2(C)CC[C@@]3(C)CC[C@@]4(C)[C@]5(C)CC[C@H]6C(C)(C)C(=O)C(C#N)=C[C@]6(C)C5=CC(=O)[C@]4(O)[C@@H]3C2)n1. The number of ketones is 2. The normalized spacial score (nSPS) is 44.9. The number of nitrogens with zero attached hydrogens (tertiary/aromatic N) is 3. The molecule has 8 atom stereocenters. The van der Waals surface area contributed by atoms with Crippen LogP contribution in [0.3, 0.4) is 0 Å². The van der Waals surface area contributed by atoms with Gasteiger partial charge < -0.3 is 10.4 Å². The second kappa shape index (κ2) is 8.78. The Balaban J connectivity index is 1.45. The number of fused-ring (bicyclic) bond motifs is 7. The van der Waals surface area contributed by atoms with E-state index < -0.39 is 32.8 Å². The van der Waals surface area contributed by atoms with E-state index in [4.69, 9.17) is 0 Å². The second-order valence-electron chi connectivity index (χ2n) is 16.2. The highest BCUT2D eigenvalue weighted by atomic mass is 16.3. The number of nitriles is 1. The van der Waals surface area contributed by atoms with Gasteiger partial charge in [-0.1, -0.05) is 47.6 Å². The number of hydrogen-bond donors (Lipinski definition) is 2. The van der Waals surface area contributed by atoms with E-state index in [0.29, 0.717) is 18.5 Å². The van der Waals surface area contributed by atoms with Crippen molar-refractivity contribution in [3.05, 3.63) is 41.3 Å². The number of nitrogens with one attached hydrogen (secondary N) is 1. The maximum atomic E-state index is 14.6. The Labute approximate surface area is 255 Å². The molecule has 43 heavy (non-hydrogen) atoms. The molecule has 2 N–H and O–H groups in total. The minimum Gasteiger partial charge on any atom is -0.381 e. The van der Waals surface area contributed by atoms with Crippen molar-refractivity contribution in [1.82, 2.24) is 15.1 Å². The van der Waals surface area contributed by atoms with Crippen LogP contribution < -0.4 is 5.32 Å². The Kier molecular flexibility index (Phi) is 6.12. The summed E-state index contributed by atoms with van der Waals surface area (Å²) in [6, 6.07) is 3.84. The number of Topliss-reactive ketones (excluding diaryl/α,β-unsaturated/α-hetero) is 1. The molecule has 0 bridgehead atoms. The largest absolute Gasteiger partial charge is 0.381 e. The molecule has 1 amide bonds. The van der Waals surface area contributed by atoms with Gasteiger partial charge in [-0.2, -0.15) is 10.4 Å². The van der Waals surface area contributed by atoms with Gasteiger partial charge in [-0.3, -0.25) is 19.1 Å². The molecule has 0 unspecified atom stereocenters. The Morgan fingerprint density at radius 2 is 1.72 bits per heavy atom. The van der Waals surface area contributed by atoms with Gasteiger partial charge >= 0.3 is 0 Å². The lowest BCUT2D eigenvalue weighted by Crippen LogP contribution is -2.74. The van der Waals surface area contributed by atoms with E-state index in [-0.39, 0.29) is 40.3 Å². The highest BCUT2D eigenvalue weighted by molar-refractivity contribution is 6.05. The third-order valence-electron chi connectivity index (χ3n) is 13.6. The van der Waals surface area contributed by atoms with E-state index in [1.165, 1.54) is 0 Å². The highest BCUT2D eigenvalue weighted by Gasteiger charge is 2.75. The second-order valence-corrected chi connectivity index (χ2v) is 16.2. The summed E-state index contributed by atoms with van der Waals surface area (Å²) < 4.78 is 1.60. The Morgan fingerprint density at radius 3 is 2.35 bits per heavy atom. The summed E-state index contributed by atoms with van der Waals surface area (Å²) in [5.74, 6) is -1.07. The molecule has 1 aromatic heterocycles. The number of allylic oxidation sites excluding steroid dienone is 3. The van der Waals surface area contributed by atoms with E-state index in [2.05, 4.69) is 44.2 Å². The first kappa shape index (κ1) is 30.0. The number of aromatic nitrogens is 2. The summed E-state index contributed by atoms with van der Waals surface area (Å²) in [6.45, 7) is 14.5. The molecule has 0 aromatic carbocycles. The molecular formula is C35H46N4O4. The molecule has 1 aromatic rings. The Morgan fingerprint density at radius 1 is 1.05 bits per heavy atom. The molecule has 0 radical (unpaired) electrons. The lowest BCUT2D eigenvalue weighted by Gasteiger charge is -2.71. The Hall–Kier alpha value is -3.05. The van der Waals surface area contributed by atoms with Crippen molar-refractivity contribution in [3.8, 4) is 6.07 Å². The van der Waals surface area contributed by atoms with Crippen molar-refractivity contribution in [3.63, 3.8) is 0 Å². The summed E-state index contributed by atoms with van der Waals surface area (Å²) in [6.07, 6.45) is 10.4. The standard InChI is InChI=1S/C35H46N4O4/c1-29(2)23-9-11-33(6)24(32(23,5)18-21(20-36)27(29)41)17-26(40)35(43)25-19-31(4,37-28(42)22-10-16-39(8)38-22)14-12-30(25,3)13-15-34(33,35)7/h10,16-18,23,25,43H,9,11-15,19H2,1-8H3,(H,37,42)/t23-,25+,30-,31-,32-,33+,34-,35+/m0/s1. The van der Waals surface area contributed by atoms with Crippen LogP contribution in [-0.4, -0.2) is 43.5 Å². The maximum absolute atomic E-state index is 14.6.